The van der Waals surface area contributed by atoms with E-state index >= 15 is 0 Å². The van der Waals surface area contributed by atoms with E-state index in [0.717, 1.165) is 22.2 Å². The summed E-state index contributed by atoms with van der Waals surface area (Å²) >= 11 is 6.63. The van der Waals surface area contributed by atoms with Gasteiger partial charge in [0.05, 0.1) is 16.2 Å². The first kappa shape index (κ1) is 20.2. The Bertz CT molecular complexity index is 1130. The Labute approximate surface area is 179 Å². The maximum Gasteiger partial charge on any atom is 0.407 e. The van der Waals surface area contributed by atoms with Crippen molar-refractivity contribution in [1.29, 1.82) is 0 Å². The summed E-state index contributed by atoms with van der Waals surface area (Å²) in [7, 11) is 0. The van der Waals surface area contributed by atoms with E-state index in [1.54, 1.807) is 17.0 Å². The van der Waals surface area contributed by atoms with E-state index in [-0.39, 0.29) is 11.9 Å². The summed E-state index contributed by atoms with van der Waals surface area (Å²) in [4.78, 5) is 32.2. The first-order chi connectivity index (χ1) is 14.4. The van der Waals surface area contributed by atoms with Gasteiger partial charge in [0, 0.05) is 42.2 Å². The fourth-order valence-electron chi connectivity index (χ4n) is 3.94. The molecule has 1 aromatic heterocycles. The normalized spacial score (nSPS) is 16.7. The van der Waals surface area contributed by atoms with Crippen LogP contribution in [0.25, 0.3) is 22.2 Å². The summed E-state index contributed by atoms with van der Waals surface area (Å²) in [5.74, 6) is -0.131. The Balaban J connectivity index is 1.69. The third-order valence-corrected chi connectivity index (χ3v) is 6.09. The van der Waals surface area contributed by atoms with E-state index in [0.29, 0.717) is 35.7 Å². The molecule has 1 aliphatic heterocycles. The highest BCUT2D eigenvalue weighted by molar-refractivity contribution is 6.36. The van der Waals surface area contributed by atoms with Gasteiger partial charge >= 0.3 is 6.09 Å². The van der Waals surface area contributed by atoms with Gasteiger partial charge in [0.2, 0.25) is 0 Å². The summed E-state index contributed by atoms with van der Waals surface area (Å²) in [6, 6.07) is 14.9. The van der Waals surface area contributed by atoms with Crippen LogP contribution in [0.2, 0.25) is 5.02 Å². The smallest absolute Gasteiger partial charge is 0.407 e. The third kappa shape index (κ3) is 3.59. The van der Waals surface area contributed by atoms with Crippen LogP contribution in [0.5, 0.6) is 0 Å². The number of carbonyl (C=O) groups excluding carboxylic acids is 1. The number of pyridine rings is 1. The molecule has 1 N–H and O–H groups in total. The van der Waals surface area contributed by atoms with E-state index in [2.05, 4.69) is 0 Å². The molecule has 0 bridgehead atoms. The lowest BCUT2D eigenvalue weighted by Crippen LogP contribution is -2.55. The van der Waals surface area contributed by atoms with Crippen molar-refractivity contribution in [2.45, 2.75) is 19.9 Å². The number of rotatable bonds is 2. The number of hydrogen-bond donors (Lipinski definition) is 1. The average Bonchev–Trinajstić information content (AvgIpc) is 2.75. The summed E-state index contributed by atoms with van der Waals surface area (Å²) in [6.45, 7) is 4.78. The lowest BCUT2D eigenvalue weighted by molar-refractivity contribution is 0.0507. The summed E-state index contributed by atoms with van der Waals surface area (Å²) < 4.78 is 0. The molecule has 0 radical (unpaired) electrons. The number of amides is 2. The summed E-state index contributed by atoms with van der Waals surface area (Å²) in [5, 5.41) is 10.7. The molecular weight excluding hydrogens is 402 g/mol. The predicted octanol–water partition coefficient (Wildman–Crippen LogP) is 4.69. The molecular formula is C23H22ClN3O3. The van der Waals surface area contributed by atoms with Crippen LogP contribution >= 0.6 is 11.6 Å². The molecule has 0 saturated carbocycles. The highest BCUT2D eigenvalue weighted by atomic mass is 35.5. The van der Waals surface area contributed by atoms with Gasteiger partial charge in [0.1, 0.15) is 0 Å². The van der Waals surface area contributed by atoms with Gasteiger partial charge in [-0.05, 0) is 31.5 Å². The Hall–Kier alpha value is -3.12. The molecule has 1 unspecified atom stereocenters. The maximum absolute atomic E-state index is 13.1. The third-order valence-electron chi connectivity index (χ3n) is 5.61. The molecule has 6 nitrogen and oxygen atoms in total. The minimum Gasteiger partial charge on any atom is -0.465 e. The minimum atomic E-state index is -0.956. The predicted molar refractivity (Wildman–Crippen MR) is 117 cm³/mol. The number of carboxylic acid groups (broad SMARTS) is 1. The molecule has 1 aliphatic rings. The van der Waals surface area contributed by atoms with E-state index in [1.807, 2.05) is 50.2 Å². The van der Waals surface area contributed by atoms with Gasteiger partial charge in [0.15, 0.2) is 0 Å². The second kappa shape index (κ2) is 7.95. The Kier molecular flexibility index (Phi) is 5.35. The second-order valence-corrected chi connectivity index (χ2v) is 7.95. The van der Waals surface area contributed by atoms with Gasteiger partial charge in [-0.25, -0.2) is 9.78 Å². The Morgan fingerprint density at radius 1 is 1.13 bits per heavy atom. The number of halogens is 1. The number of hydrogen-bond acceptors (Lipinski definition) is 3. The van der Waals surface area contributed by atoms with Crippen LogP contribution in [0.1, 0.15) is 22.8 Å². The van der Waals surface area contributed by atoms with Crippen LogP contribution in [0, 0.1) is 6.92 Å². The van der Waals surface area contributed by atoms with E-state index in [1.165, 1.54) is 4.90 Å². The fraction of sp³-hybridized carbons (Fsp3) is 0.261. The molecule has 154 valence electrons. The Morgan fingerprint density at radius 3 is 2.53 bits per heavy atom. The van der Waals surface area contributed by atoms with Gasteiger partial charge < -0.3 is 14.9 Å². The van der Waals surface area contributed by atoms with Crippen molar-refractivity contribution in [2.75, 3.05) is 19.6 Å². The van der Waals surface area contributed by atoms with Crippen molar-refractivity contribution < 1.29 is 14.7 Å². The second-order valence-electron chi connectivity index (χ2n) is 7.57. The minimum absolute atomic E-state index is 0.131. The van der Waals surface area contributed by atoms with Crippen molar-refractivity contribution in [3.8, 4) is 11.3 Å². The molecule has 0 spiro atoms. The van der Waals surface area contributed by atoms with Crippen LogP contribution in [0.3, 0.4) is 0 Å². The molecule has 30 heavy (non-hydrogen) atoms. The molecule has 2 heterocycles. The highest BCUT2D eigenvalue weighted by Crippen LogP contribution is 2.33. The molecule has 1 fully saturated rings. The number of piperazine rings is 1. The maximum atomic E-state index is 13.1. The van der Waals surface area contributed by atoms with Crippen LogP contribution in [0.4, 0.5) is 4.79 Å². The van der Waals surface area contributed by atoms with E-state index in [4.69, 9.17) is 16.6 Å². The molecule has 2 amide bonds. The SMILES string of the molecule is Cc1c(-c2ccccc2)nc2cc(C(=O)N3CCN(C(=O)O)C(C)C3)ccc2c1Cl. The van der Waals surface area contributed by atoms with Crippen molar-refractivity contribution >= 4 is 34.5 Å². The van der Waals surface area contributed by atoms with Gasteiger partial charge in [-0.1, -0.05) is 48.0 Å². The summed E-state index contributed by atoms with van der Waals surface area (Å²) in [6.07, 6.45) is -0.956. The van der Waals surface area contributed by atoms with Gasteiger partial charge in [0.25, 0.3) is 5.91 Å². The first-order valence-corrected chi connectivity index (χ1v) is 10.2. The lowest BCUT2D eigenvalue weighted by Gasteiger charge is -2.38. The van der Waals surface area contributed by atoms with Crippen LogP contribution in [-0.2, 0) is 0 Å². The van der Waals surface area contributed by atoms with Gasteiger partial charge in [-0.15, -0.1) is 0 Å². The quantitative estimate of drug-likeness (QED) is 0.649. The van der Waals surface area contributed by atoms with Crippen molar-refractivity contribution in [2.24, 2.45) is 0 Å². The number of benzene rings is 2. The molecule has 1 saturated heterocycles. The fourth-order valence-corrected chi connectivity index (χ4v) is 4.19. The number of nitrogens with zero attached hydrogens (tertiary/aromatic N) is 3. The zero-order chi connectivity index (χ0) is 21.4. The number of carbonyl (C=O) groups is 2. The Morgan fingerprint density at radius 2 is 1.87 bits per heavy atom. The molecule has 0 aliphatic carbocycles. The van der Waals surface area contributed by atoms with E-state index < -0.39 is 6.09 Å². The first-order valence-electron chi connectivity index (χ1n) is 9.81. The monoisotopic (exact) mass is 423 g/mol. The number of fused-ring (bicyclic) bond motifs is 1. The van der Waals surface area contributed by atoms with Crippen LogP contribution < -0.4 is 0 Å². The molecule has 4 rings (SSSR count). The average molecular weight is 424 g/mol. The molecule has 1 atom stereocenters. The number of aromatic nitrogens is 1. The lowest BCUT2D eigenvalue weighted by atomic mass is 10.0. The molecule has 2 aromatic carbocycles. The standard InChI is InChI=1S/C23H22ClN3O3/c1-14-13-26(10-11-27(14)23(29)30)22(28)17-8-9-18-19(12-17)25-21(15(2)20(18)24)16-6-4-3-5-7-16/h3-9,12,14H,10-11,13H2,1-2H3,(H,29,30). The molecule has 7 heteroatoms. The zero-order valence-corrected chi connectivity index (χ0v) is 17.6. The van der Waals surface area contributed by atoms with E-state index in [9.17, 15) is 14.7 Å². The van der Waals surface area contributed by atoms with Crippen molar-refractivity contribution in [3.63, 3.8) is 0 Å². The topological polar surface area (TPSA) is 73.7 Å². The summed E-state index contributed by atoms with van der Waals surface area (Å²) in [5.41, 5.74) is 3.83. The van der Waals surface area contributed by atoms with Crippen LogP contribution in [0.15, 0.2) is 48.5 Å². The highest BCUT2D eigenvalue weighted by Gasteiger charge is 2.30. The van der Waals surface area contributed by atoms with Gasteiger partial charge in [-0.2, -0.15) is 0 Å². The zero-order valence-electron chi connectivity index (χ0n) is 16.8. The van der Waals surface area contributed by atoms with Crippen LogP contribution in [-0.4, -0.2) is 57.6 Å². The largest absolute Gasteiger partial charge is 0.465 e. The van der Waals surface area contributed by atoms with Crippen molar-refractivity contribution in [1.82, 2.24) is 14.8 Å². The molecule has 3 aromatic rings. The van der Waals surface area contributed by atoms with Gasteiger partial charge in [-0.3, -0.25) is 4.79 Å². The van der Waals surface area contributed by atoms with Crippen molar-refractivity contribution in [3.05, 3.63) is 64.7 Å².